The largest absolute Gasteiger partial charge is 0.493 e. The molecule has 3 aromatic carbocycles. The van der Waals surface area contributed by atoms with Gasteiger partial charge in [0.2, 0.25) is 5.90 Å². The Kier molecular flexibility index (Phi) is 7.17. The molecule has 0 fully saturated rings. The second-order valence-electron chi connectivity index (χ2n) is 6.86. The molecule has 0 unspecified atom stereocenters. The summed E-state index contributed by atoms with van der Waals surface area (Å²) in [5, 5.41) is 0.839. The van der Waals surface area contributed by atoms with Crippen LogP contribution in [0.1, 0.15) is 11.1 Å². The van der Waals surface area contributed by atoms with E-state index in [1.54, 1.807) is 30.3 Å². The molecular formula is C25H19Cl2NO5. The number of hydrogen-bond donors (Lipinski definition) is 0. The van der Waals surface area contributed by atoms with Crippen LogP contribution in [0.25, 0.3) is 6.08 Å². The van der Waals surface area contributed by atoms with Gasteiger partial charge in [-0.25, -0.2) is 9.79 Å². The van der Waals surface area contributed by atoms with E-state index in [0.717, 1.165) is 0 Å². The van der Waals surface area contributed by atoms with Crippen LogP contribution in [0.15, 0.2) is 77.4 Å². The molecule has 0 radical (unpaired) electrons. The number of cyclic esters (lactones) is 1. The molecule has 8 heteroatoms. The summed E-state index contributed by atoms with van der Waals surface area (Å²) in [6.45, 7) is 0.483. The van der Waals surface area contributed by atoms with Gasteiger partial charge in [0.25, 0.3) is 0 Å². The normalized spacial score (nSPS) is 14.1. The number of carbonyl (C=O) groups excluding carboxylic acids is 1. The van der Waals surface area contributed by atoms with E-state index in [4.69, 9.17) is 42.1 Å². The number of aliphatic imine (C=N–C) groups is 1. The van der Waals surface area contributed by atoms with Gasteiger partial charge in [0.1, 0.15) is 19.0 Å². The average molecular weight is 484 g/mol. The quantitative estimate of drug-likeness (QED) is 0.230. The van der Waals surface area contributed by atoms with Gasteiger partial charge >= 0.3 is 5.97 Å². The maximum Gasteiger partial charge on any atom is 0.363 e. The Bertz CT molecular complexity index is 1220. The van der Waals surface area contributed by atoms with Crippen LogP contribution in [0.5, 0.6) is 17.2 Å². The molecule has 0 saturated carbocycles. The summed E-state index contributed by atoms with van der Waals surface area (Å²) < 4.78 is 22.1. The lowest BCUT2D eigenvalue weighted by molar-refractivity contribution is -0.129. The summed E-state index contributed by atoms with van der Waals surface area (Å²) in [6.07, 6.45) is 1.58. The van der Waals surface area contributed by atoms with Crippen molar-refractivity contribution in [3.63, 3.8) is 0 Å². The Morgan fingerprint density at radius 1 is 0.909 bits per heavy atom. The summed E-state index contributed by atoms with van der Waals surface area (Å²) in [5.41, 5.74) is 1.49. The van der Waals surface area contributed by atoms with E-state index in [2.05, 4.69) is 4.99 Å². The number of ether oxygens (including phenoxy) is 4. The van der Waals surface area contributed by atoms with Crippen LogP contribution >= 0.6 is 23.2 Å². The second-order valence-corrected chi connectivity index (χ2v) is 7.68. The summed E-state index contributed by atoms with van der Waals surface area (Å²) in [4.78, 5) is 16.6. The van der Waals surface area contributed by atoms with Gasteiger partial charge in [-0.15, -0.1) is 0 Å². The smallest absolute Gasteiger partial charge is 0.363 e. The van der Waals surface area contributed by atoms with Crippen molar-refractivity contribution in [2.75, 3.05) is 20.3 Å². The van der Waals surface area contributed by atoms with Gasteiger partial charge in [0, 0.05) is 5.56 Å². The van der Waals surface area contributed by atoms with Crippen LogP contribution in [0.3, 0.4) is 0 Å². The van der Waals surface area contributed by atoms with Gasteiger partial charge in [0.05, 0.1) is 17.2 Å². The van der Waals surface area contributed by atoms with E-state index < -0.39 is 5.97 Å². The molecule has 33 heavy (non-hydrogen) atoms. The van der Waals surface area contributed by atoms with E-state index in [9.17, 15) is 4.79 Å². The van der Waals surface area contributed by atoms with Crippen molar-refractivity contribution in [2.45, 2.75) is 0 Å². The predicted molar refractivity (Wildman–Crippen MR) is 127 cm³/mol. The molecule has 0 saturated heterocycles. The summed E-state index contributed by atoms with van der Waals surface area (Å²) in [5.74, 6) is 1.06. The first kappa shape index (κ1) is 22.7. The minimum atomic E-state index is -0.541. The van der Waals surface area contributed by atoms with Crippen molar-refractivity contribution in [3.05, 3.63) is 93.6 Å². The van der Waals surface area contributed by atoms with E-state index >= 15 is 0 Å². The summed E-state index contributed by atoms with van der Waals surface area (Å²) >= 11 is 12.5. The highest BCUT2D eigenvalue weighted by Gasteiger charge is 2.24. The van der Waals surface area contributed by atoms with Crippen LogP contribution in [-0.2, 0) is 9.53 Å². The van der Waals surface area contributed by atoms with E-state index in [1.807, 2.05) is 42.5 Å². The number of carbonyl (C=O) groups is 1. The maximum atomic E-state index is 12.3. The molecule has 6 nitrogen and oxygen atoms in total. The number of benzene rings is 3. The standard InChI is InChI=1S/C25H19Cl2NO5/c1-30-22-15-16(14-20-25(29)33-24(28-20)17-7-3-2-4-8-17)13-19(27)23(22)32-12-11-31-21-10-6-5-9-18(21)26/h2-10,13-15H,11-12H2,1H3. The Morgan fingerprint density at radius 3 is 2.39 bits per heavy atom. The lowest BCUT2D eigenvalue weighted by Gasteiger charge is -2.14. The van der Waals surface area contributed by atoms with Crippen LogP contribution < -0.4 is 14.2 Å². The van der Waals surface area contributed by atoms with Crippen molar-refractivity contribution in [1.82, 2.24) is 0 Å². The first-order chi connectivity index (χ1) is 16.0. The zero-order valence-electron chi connectivity index (χ0n) is 17.6. The molecule has 1 aliphatic rings. The van der Waals surface area contributed by atoms with E-state index in [-0.39, 0.29) is 24.8 Å². The number of para-hydroxylation sites is 1. The molecule has 3 aromatic rings. The van der Waals surface area contributed by atoms with E-state index in [1.165, 1.54) is 7.11 Å². The molecular weight excluding hydrogens is 465 g/mol. The molecule has 0 bridgehead atoms. The van der Waals surface area contributed by atoms with Crippen molar-refractivity contribution in [1.29, 1.82) is 0 Å². The summed E-state index contributed by atoms with van der Waals surface area (Å²) in [6, 6.07) is 19.7. The Labute approximate surface area is 201 Å². The number of methoxy groups -OCH3 is 1. The van der Waals surface area contributed by atoms with Crippen LogP contribution in [0.2, 0.25) is 10.0 Å². The molecule has 0 aromatic heterocycles. The Balaban J connectivity index is 1.47. The third-order valence-corrected chi connectivity index (χ3v) is 5.21. The minimum Gasteiger partial charge on any atom is -0.493 e. The third kappa shape index (κ3) is 5.48. The molecule has 0 aliphatic carbocycles. The number of esters is 1. The van der Waals surface area contributed by atoms with Gasteiger partial charge in [0.15, 0.2) is 17.2 Å². The monoisotopic (exact) mass is 483 g/mol. The average Bonchev–Trinajstić information content (AvgIpc) is 3.19. The fourth-order valence-corrected chi connectivity index (χ4v) is 3.56. The van der Waals surface area contributed by atoms with Gasteiger partial charge in [-0.3, -0.25) is 0 Å². The Morgan fingerprint density at radius 2 is 1.64 bits per heavy atom. The van der Waals surface area contributed by atoms with Crippen molar-refractivity contribution < 1.29 is 23.7 Å². The van der Waals surface area contributed by atoms with Crippen molar-refractivity contribution >= 4 is 41.1 Å². The molecule has 0 spiro atoms. The fourth-order valence-electron chi connectivity index (χ4n) is 3.09. The number of hydrogen-bond acceptors (Lipinski definition) is 6. The first-order valence-electron chi connectivity index (χ1n) is 10.0. The topological polar surface area (TPSA) is 66.4 Å². The Hall–Kier alpha value is -3.48. The fraction of sp³-hybridized carbons (Fsp3) is 0.120. The minimum absolute atomic E-state index is 0.161. The van der Waals surface area contributed by atoms with Gasteiger partial charge in [-0.1, -0.05) is 53.5 Å². The molecule has 1 heterocycles. The maximum absolute atomic E-state index is 12.3. The number of rotatable bonds is 8. The first-order valence-corrected chi connectivity index (χ1v) is 10.8. The number of halogens is 2. The third-order valence-electron chi connectivity index (χ3n) is 4.62. The van der Waals surface area contributed by atoms with Gasteiger partial charge < -0.3 is 18.9 Å². The highest BCUT2D eigenvalue weighted by Crippen LogP contribution is 2.37. The summed E-state index contributed by atoms with van der Waals surface area (Å²) in [7, 11) is 1.51. The second kappa shape index (κ2) is 10.4. The molecule has 0 atom stereocenters. The zero-order chi connectivity index (χ0) is 23.2. The molecule has 1 aliphatic heterocycles. The molecule has 4 rings (SSSR count). The van der Waals surface area contributed by atoms with Gasteiger partial charge in [-0.05, 0) is 48.0 Å². The van der Waals surface area contributed by atoms with E-state index in [0.29, 0.717) is 38.4 Å². The highest BCUT2D eigenvalue weighted by atomic mass is 35.5. The number of nitrogens with zero attached hydrogens (tertiary/aromatic N) is 1. The van der Waals surface area contributed by atoms with Gasteiger partial charge in [-0.2, -0.15) is 0 Å². The van der Waals surface area contributed by atoms with Crippen LogP contribution in [-0.4, -0.2) is 32.2 Å². The van der Waals surface area contributed by atoms with Crippen LogP contribution in [0.4, 0.5) is 0 Å². The van der Waals surface area contributed by atoms with Crippen molar-refractivity contribution in [3.8, 4) is 17.2 Å². The SMILES string of the molecule is COc1cc(C=C2N=C(c3ccccc3)OC2=O)cc(Cl)c1OCCOc1ccccc1Cl. The lowest BCUT2D eigenvalue weighted by Crippen LogP contribution is -2.10. The molecule has 168 valence electrons. The molecule has 0 N–H and O–H groups in total. The zero-order valence-corrected chi connectivity index (χ0v) is 19.1. The lowest BCUT2D eigenvalue weighted by atomic mass is 10.1. The van der Waals surface area contributed by atoms with Crippen molar-refractivity contribution in [2.24, 2.45) is 4.99 Å². The molecule has 0 amide bonds. The highest BCUT2D eigenvalue weighted by molar-refractivity contribution is 6.32. The predicted octanol–water partition coefficient (Wildman–Crippen LogP) is 5.80. The van der Waals surface area contributed by atoms with Crippen LogP contribution in [0, 0.1) is 0 Å².